The van der Waals surface area contributed by atoms with Crippen molar-refractivity contribution in [3.8, 4) is 5.75 Å². The zero-order valence-electron chi connectivity index (χ0n) is 14.5. The Hall–Kier alpha value is -1.06. The lowest BCUT2D eigenvalue weighted by molar-refractivity contribution is -0.0226. The van der Waals surface area contributed by atoms with Crippen LogP contribution in [0.5, 0.6) is 5.75 Å². The highest BCUT2D eigenvalue weighted by Crippen LogP contribution is 2.60. The van der Waals surface area contributed by atoms with Crippen molar-refractivity contribution in [3.63, 3.8) is 0 Å². The number of ether oxygens (including phenoxy) is 2. The Kier molecular flexibility index (Phi) is 3.47. The average Bonchev–Trinajstić information content (AvgIpc) is 3.37. The van der Waals surface area contributed by atoms with Gasteiger partial charge in [-0.2, -0.15) is 0 Å². The Balaban J connectivity index is 1.38. The van der Waals surface area contributed by atoms with Gasteiger partial charge in [0.2, 0.25) is 0 Å². The quantitative estimate of drug-likeness (QED) is 0.861. The van der Waals surface area contributed by atoms with Crippen molar-refractivity contribution in [2.75, 3.05) is 13.2 Å². The van der Waals surface area contributed by atoms with Gasteiger partial charge in [-0.05, 0) is 85.0 Å². The Morgan fingerprint density at radius 3 is 2.96 bits per heavy atom. The first-order valence-electron chi connectivity index (χ1n) is 9.70. The molecule has 1 aromatic carbocycles. The van der Waals surface area contributed by atoms with Crippen molar-refractivity contribution in [2.24, 2.45) is 17.3 Å². The number of fused-ring (bicyclic) bond motifs is 5. The second-order valence-corrected chi connectivity index (χ2v) is 8.68. The molecule has 0 radical (unpaired) electrons. The molecule has 0 bridgehead atoms. The molecule has 0 aromatic heterocycles. The summed E-state index contributed by atoms with van der Waals surface area (Å²) < 4.78 is 11.1. The van der Waals surface area contributed by atoms with Crippen molar-refractivity contribution in [1.29, 1.82) is 0 Å². The molecule has 1 aromatic rings. The fraction of sp³-hybridized carbons (Fsp3) is 0.714. The van der Waals surface area contributed by atoms with Gasteiger partial charge >= 0.3 is 0 Å². The lowest BCUT2D eigenvalue weighted by Crippen LogP contribution is -2.43. The maximum absolute atomic E-state index is 10.5. The molecule has 3 aliphatic carbocycles. The fourth-order valence-electron chi connectivity index (χ4n) is 5.97. The summed E-state index contributed by atoms with van der Waals surface area (Å²) in [5, 5.41) is 10.5. The smallest absolute Gasteiger partial charge is 0.119 e. The topological polar surface area (TPSA) is 42.0 Å². The molecule has 1 N–H and O–H groups in total. The average molecular weight is 328 g/mol. The summed E-state index contributed by atoms with van der Waals surface area (Å²) in [6.07, 6.45) is 7.31. The summed E-state index contributed by atoms with van der Waals surface area (Å²) in [5.41, 5.74) is 3.23. The third-order valence-electron chi connectivity index (χ3n) is 7.49. The number of rotatable bonds is 3. The zero-order chi connectivity index (χ0) is 16.3. The maximum Gasteiger partial charge on any atom is 0.119 e. The van der Waals surface area contributed by atoms with Gasteiger partial charge in [-0.1, -0.05) is 13.0 Å². The highest BCUT2D eigenvalue weighted by Gasteiger charge is 2.54. The van der Waals surface area contributed by atoms with E-state index in [0.29, 0.717) is 24.5 Å². The molecule has 0 amide bonds. The Morgan fingerprint density at radius 1 is 1.25 bits per heavy atom. The number of aliphatic hydroxyl groups excluding tert-OH is 1. The van der Waals surface area contributed by atoms with Crippen molar-refractivity contribution in [2.45, 2.75) is 63.6 Å². The summed E-state index contributed by atoms with van der Waals surface area (Å²) in [4.78, 5) is 0. The molecule has 2 saturated carbocycles. The van der Waals surface area contributed by atoms with Crippen molar-refractivity contribution in [3.05, 3.63) is 29.3 Å². The number of aliphatic hydroxyl groups is 1. The van der Waals surface area contributed by atoms with Gasteiger partial charge in [-0.25, -0.2) is 0 Å². The van der Waals surface area contributed by atoms with Crippen LogP contribution in [0.1, 0.15) is 56.1 Å². The Morgan fingerprint density at radius 2 is 2.12 bits per heavy atom. The van der Waals surface area contributed by atoms with E-state index in [9.17, 15) is 5.11 Å². The van der Waals surface area contributed by atoms with Crippen LogP contribution in [0.3, 0.4) is 0 Å². The van der Waals surface area contributed by atoms with Gasteiger partial charge in [0.25, 0.3) is 0 Å². The summed E-state index contributed by atoms with van der Waals surface area (Å²) >= 11 is 0. The molecule has 4 aliphatic rings. The first-order valence-corrected chi connectivity index (χ1v) is 9.70. The normalized spacial score (nSPS) is 42.8. The SMILES string of the molecule is C[C@]12CC[C@@H]3c4ccc(OCC5CO5)cc4CC[C@@H]3[C@@H]1CC[C@@H]2O. The van der Waals surface area contributed by atoms with Gasteiger partial charge in [-0.15, -0.1) is 0 Å². The molecule has 6 atom stereocenters. The van der Waals surface area contributed by atoms with E-state index in [1.165, 1.54) is 31.2 Å². The molecule has 24 heavy (non-hydrogen) atoms. The number of epoxide rings is 1. The van der Waals surface area contributed by atoms with Gasteiger partial charge in [0, 0.05) is 0 Å². The van der Waals surface area contributed by atoms with E-state index in [1.807, 2.05) is 0 Å². The monoisotopic (exact) mass is 328 g/mol. The number of aryl methyl sites for hydroxylation is 1. The lowest BCUT2D eigenvalue weighted by Gasteiger charge is -2.50. The lowest BCUT2D eigenvalue weighted by atomic mass is 9.55. The van der Waals surface area contributed by atoms with E-state index in [2.05, 4.69) is 25.1 Å². The van der Waals surface area contributed by atoms with E-state index >= 15 is 0 Å². The summed E-state index contributed by atoms with van der Waals surface area (Å²) in [7, 11) is 0. The largest absolute Gasteiger partial charge is 0.491 e. The molecule has 3 fully saturated rings. The molecular weight excluding hydrogens is 300 g/mol. The number of hydrogen-bond acceptors (Lipinski definition) is 3. The summed E-state index contributed by atoms with van der Waals surface area (Å²) in [5.74, 6) is 3.17. The summed E-state index contributed by atoms with van der Waals surface area (Å²) in [6, 6.07) is 6.75. The molecular formula is C21H28O3. The maximum atomic E-state index is 10.5. The van der Waals surface area contributed by atoms with E-state index in [4.69, 9.17) is 9.47 Å². The second kappa shape index (κ2) is 5.47. The molecule has 3 heteroatoms. The van der Waals surface area contributed by atoms with Crippen LogP contribution in [0, 0.1) is 17.3 Å². The van der Waals surface area contributed by atoms with Gasteiger partial charge < -0.3 is 14.6 Å². The molecule has 1 aliphatic heterocycles. The van der Waals surface area contributed by atoms with Crippen LogP contribution in [0.4, 0.5) is 0 Å². The highest BCUT2D eigenvalue weighted by molar-refractivity contribution is 5.40. The first-order chi connectivity index (χ1) is 11.6. The van der Waals surface area contributed by atoms with E-state index in [0.717, 1.165) is 31.1 Å². The molecule has 130 valence electrons. The standard InChI is InChI=1S/C21H28O3/c1-21-9-8-17-16-5-3-14(23-11-15-12-24-15)10-13(16)2-4-18(17)19(21)6-7-20(21)22/h3,5,10,15,17-20,22H,2,4,6-9,11-12H2,1H3/t15?,17-,18+,19+,20+,21+/m1/s1. The predicted molar refractivity (Wildman–Crippen MR) is 92.3 cm³/mol. The number of benzene rings is 1. The van der Waals surface area contributed by atoms with E-state index < -0.39 is 0 Å². The van der Waals surface area contributed by atoms with Gasteiger partial charge in [-0.3, -0.25) is 0 Å². The predicted octanol–water partition coefficient (Wildman–Crippen LogP) is 3.68. The minimum Gasteiger partial charge on any atom is -0.491 e. The minimum absolute atomic E-state index is 0.0785. The fourth-order valence-corrected chi connectivity index (χ4v) is 5.97. The Bertz CT molecular complexity index is 638. The van der Waals surface area contributed by atoms with Crippen LogP contribution < -0.4 is 4.74 Å². The van der Waals surface area contributed by atoms with E-state index in [-0.39, 0.29) is 11.5 Å². The molecule has 1 unspecified atom stereocenters. The molecule has 0 spiro atoms. The molecule has 5 rings (SSSR count). The van der Waals surface area contributed by atoms with Crippen molar-refractivity contribution < 1.29 is 14.6 Å². The third-order valence-corrected chi connectivity index (χ3v) is 7.49. The summed E-state index contributed by atoms with van der Waals surface area (Å²) in [6.45, 7) is 3.88. The van der Waals surface area contributed by atoms with E-state index in [1.54, 1.807) is 5.56 Å². The van der Waals surface area contributed by atoms with Crippen LogP contribution >= 0.6 is 0 Å². The van der Waals surface area contributed by atoms with Gasteiger partial charge in [0.05, 0.1) is 12.7 Å². The van der Waals surface area contributed by atoms with Crippen molar-refractivity contribution >= 4 is 0 Å². The second-order valence-electron chi connectivity index (χ2n) is 8.68. The highest BCUT2D eigenvalue weighted by atomic mass is 16.6. The van der Waals surface area contributed by atoms with Gasteiger partial charge in [0.1, 0.15) is 18.5 Å². The Labute approximate surface area is 144 Å². The minimum atomic E-state index is -0.0785. The first kappa shape index (κ1) is 15.2. The molecule has 1 heterocycles. The zero-order valence-corrected chi connectivity index (χ0v) is 14.5. The van der Waals surface area contributed by atoms with Gasteiger partial charge in [0.15, 0.2) is 0 Å². The van der Waals surface area contributed by atoms with Crippen LogP contribution in [-0.2, 0) is 11.2 Å². The van der Waals surface area contributed by atoms with Crippen LogP contribution in [0.2, 0.25) is 0 Å². The number of hydrogen-bond donors (Lipinski definition) is 1. The third kappa shape index (κ3) is 2.32. The van der Waals surface area contributed by atoms with Crippen LogP contribution in [0.25, 0.3) is 0 Å². The van der Waals surface area contributed by atoms with Crippen molar-refractivity contribution in [1.82, 2.24) is 0 Å². The molecule has 3 nitrogen and oxygen atoms in total. The molecule has 1 saturated heterocycles. The van der Waals surface area contributed by atoms with Crippen LogP contribution in [-0.4, -0.2) is 30.5 Å². The van der Waals surface area contributed by atoms with Crippen LogP contribution in [0.15, 0.2) is 18.2 Å².